The molecule has 0 aromatic carbocycles. The van der Waals surface area contributed by atoms with Gasteiger partial charge in [0.15, 0.2) is 0 Å². The quantitative estimate of drug-likeness (QED) is 0.825. The first-order chi connectivity index (χ1) is 11.4. The van der Waals surface area contributed by atoms with Crippen LogP contribution < -0.4 is 5.73 Å². The maximum Gasteiger partial charge on any atom is 0.252 e. The zero-order chi connectivity index (χ0) is 17.3. The van der Waals surface area contributed by atoms with Gasteiger partial charge in [0.05, 0.1) is 5.92 Å². The number of hydrogen-bond acceptors (Lipinski definition) is 5. The Bertz CT molecular complexity index is 707. The van der Waals surface area contributed by atoms with E-state index in [9.17, 15) is 13.2 Å². The Morgan fingerprint density at radius 2 is 2.00 bits per heavy atom. The summed E-state index contributed by atoms with van der Waals surface area (Å²) in [5, 5.41) is 0. The molecule has 1 aromatic heterocycles. The van der Waals surface area contributed by atoms with Crippen molar-refractivity contribution in [1.82, 2.24) is 9.21 Å². The van der Waals surface area contributed by atoms with Crippen LogP contribution in [0.15, 0.2) is 16.3 Å². The van der Waals surface area contributed by atoms with Crippen molar-refractivity contribution in [3.05, 3.63) is 17.0 Å². The number of carbonyl (C=O) groups is 1. The average Bonchev–Trinajstić information content (AvgIpc) is 3.23. The Hall–Kier alpha value is -0.670. The second kappa shape index (κ2) is 8.35. The van der Waals surface area contributed by atoms with Crippen LogP contribution in [0.25, 0.3) is 0 Å². The fourth-order valence-electron chi connectivity index (χ4n) is 3.65. The van der Waals surface area contributed by atoms with Gasteiger partial charge in [-0.2, -0.15) is 4.31 Å². The Kier molecular flexibility index (Phi) is 6.89. The number of thiophene rings is 1. The zero-order valence-corrected chi connectivity index (χ0v) is 16.8. The second-order valence-corrected chi connectivity index (χ2v) is 10.1. The van der Waals surface area contributed by atoms with Crippen LogP contribution in [-0.4, -0.2) is 55.8 Å². The normalized spacial score (nSPS) is 25.0. The number of carbonyl (C=O) groups excluding carboxylic acids is 1. The van der Waals surface area contributed by atoms with Crippen molar-refractivity contribution >= 4 is 39.7 Å². The van der Waals surface area contributed by atoms with Gasteiger partial charge in [0, 0.05) is 37.1 Å². The molecule has 2 fully saturated rings. The molecule has 0 aliphatic carbocycles. The number of likely N-dealkylation sites (tertiary alicyclic amines) is 1. The third-order valence-electron chi connectivity index (χ3n) is 4.98. The van der Waals surface area contributed by atoms with E-state index in [2.05, 4.69) is 0 Å². The molecule has 9 heteroatoms. The number of rotatable bonds is 4. The Morgan fingerprint density at radius 3 is 2.64 bits per heavy atom. The number of aryl methyl sites for hydroxylation is 1. The summed E-state index contributed by atoms with van der Waals surface area (Å²) in [7, 11) is -3.49. The van der Waals surface area contributed by atoms with Crippen LogP contribution in [0.3, 0.4) is 0 Å². The van der Waals surface area contributed by atoms with Crippen LogP contribution in [0.4, 0.5) is 0 Å². The van der Waals surface area contributed by atoms with Gasteiger partial charge in [0.1, 0.15) is 4.21 Å². The number of amides is 1. The predicted molar refractivity (Wildman–Crippen MR) is 102 cm³/mol. The van der Waals surface area contributed by atoms with Crippen molar-refractivity contribution in [3.8, 4) is 0 Å². The molecule has 2 saturated heterocycles. The Balaban J connectivity index is 0.00000225. The summed E-state index contributed by atoms with van der Waals surface area (Å²) >= 11 is 1.29. The number of nitrogens with zero attached hydrogens (tertiary/aromatic N) is 2. The van der Waals surface area contributed by atoms with Crippen molar-refractivity contribution in [2.24, 2.45) is 11.7 Å². The second-order valence-electron chi connectivity index (χ2n) is 6.63. The highest BCUT2D eigenvalue weighted by molar-refractivity contribution is 7.91. The molecule has 2 atom stereocenters. The Morgan fingerprint density at radius 1 is 1.28 bits per heavy atom. The van der Waals surface area contributed by atoms with E-state index in [1.54, 1.807) is 6.07 Å². The van der Waals surface area contributed by atoms with Crippen molar-refractivity contribution in [2.45, 2.75) is 42.9 Å². The molecule has 142 valence electrons. The van der Waals surface area contributed by atoms with Crippen molar-refractivity contribution < 1.29 is 13.2 Å². The third kappa shape index (κ3) is 4.19. The molecule has 0 spiro atoms. The first-order valence-corrected chi connectivity index (χ1v) is 10.8. The van der Waals surface area contributed by atoms with Gasteiger partial charge in [-0.25, -0.2) is 8.42 Å². The van der Waals surface area contributed by atoms with Crippen LogP contribution >= 0.6 is 23.7 Å². The summed E-state index contributed by atoms with van der Waals surface area (Å²) in [4.78, 5) is 15.7. The molecule has 2 N–H and O–H groups in total. The average molecular weight is 408 g/mol. The number of sulfonamides is 1. The fourth-order valence-corrected chi connectivity index (χ4v) is 6.61. The minimum Gasteiger partial charge on any atom is -0.338 e. The van der Waals surface area contributed by atoms with Crippen molar-refractivity contribution in [1.29, 1.82) is 0 Å². The number of nitrogens with two attached hydrogens (primary N) is 1. The minimum absolute atomic E-state index is 0. The van der Waals surface area contributed by atoms with Gasteiger partial charge in [-0.15, -0.1) is 23.7 Å². The lowest BCUT2D eigenvalue weighted by Crippen LogP contribution is -2.49. The molecule has 0 bridgehead atoms. The molecule has 3 rings (SSSR count). The lowest BCUT2D eigenvalue weighted by Gasteiger charge is -2.34. The highest BCUT2D eigenvalue weighted by Crippen LogP contribution is 2.30. The first-order valence-electron chi connectivity index (χ1n) is 8.50. The highest BCUT2D eigenvalue weighted by Gasteiger charge is 2.38. The maximum absolute atomic E-state index is 12.8. The van der Waals surface area contributed by atoms with Crippen LogP contribution in [0.1, 0.15) is 30.6 Å². The fraction of sp³-hybridized carbons (Fsp3) is 0.688. The molecule has 6 nitrogen and oxygen atoms in total. The predicted octanol–water partition coefficient (Wildman–Crippen LogP) is 1.83. The zero-order valence-electron chi connectivity index (χ0n) is 14.4. The molecule has 3 heterocycles. The summed E-state index contributed by atoms with van der Waals surface area (Å²) in [6.07, 6.45) is 3.41. The van der Waals surface area contributed by atoms with Gasteiger partial charge in [-0.05, 0) is 44.7 Å². The molecular weight excluding hydrogens is 382 g/mol. The van der Waals surface area contributed by atoms with E-state index < -0.39 is 10.0 Å². The van der Waals surface area contributed by atoms with Crippen LogP contribution in [-0.2, 0) is 14.8 Å². The molecule has 0 saturated carbocycles. The van der Waals surface area contributed by atoms with Crippen LogP contribution in [0.2, 0.25) is 0 Å². The van der Waals surface area contributed by atoms with Gasteiger partial charge in [-0.3, -0.25) is 4.79 Å². The van der Waals surface area contributed by atoms with Crippen molar-refractivity contribution in [3.63, 3.8) is 0 Å². The standard InChI is InChI=1S/C16H25N3O3S2.ClH/c1-12-6-7-15(23-12)24(21,22)18-8-2-4-13(11-18)16(20)19-9-3-5-14(19)10-17;/h6-7,13-14H,2-5,8-11,17H2,1H3;1H. The van der Waals surface area contributed by atoms with Crippen LogP contribution in [0.5, 0.6) is 0 Å². The smallest absolute Gasteiger partial charge is 0.252 e. The Labute approximate surface area is 159 Å². The summed E-state index contributed by atoms with van der Waals surface area (Å²) in [5.41, 5.74) is 5.77. The largest absolute Gasteiger partial charge is 0.338 e. The molecule has 2 aliphatic rings. The molecule has 25 heavy (non-hydrogen) atoms. The molecule has 2 aliphatic heterocycles. The van der Waals surface area contributed by atoms with Gasteiger partial charge in [-0.1, -0.05) is 0 Å². The molecule has 1 aromatic rings. The number of halogens is 1. The summed E-state index contributed by atoms with van der Waals surface area (Å²) in [5.74, 6) is -0.174. The van der Waals surface area contributed by atoms with Gasteiger partial charge in [0.2, 0.25) is 5.91 Å². The number of piperidine rings is 1. The van der Waals surface area contributed by atoms with E-state index in [1.807, 2.05) is 17.9 Å². The molecule has 0 radical (unpaired) electrons. The van der Waals surface area contributed by atoms with E-state index in [1.165, 1.54) is 15.6 Å². The first kappa shape index (κ1) is 20.6. The molecule has 1 amide bonds. The number of hydrogen-bond donors (Lipinski definition) is 1. The van der Waals surface area contributed by atoms with Gasteiger partial charge < -0.3 is 10.6 Å². The molecule has 2 unspecified atom stereocenters. The SMILES string of the molecule is Cc1ccc(S(=O)(=O)N2CCCC(C(=O)N3CCCC3CN)C2)s1.Cl. The lowest BCUT2D eigenvalue weighted by atomic mass is 9.97. The summed E-state index contributed by atoms with van der Waals surface area (Å²) in [6.45, 7) is 3.89. The summed E-state index contributed by atoms with van der Waals surface area (Å²) < 4.78 is 27.5. The van der Waals surface area contributed by atoms with Gasteiger partial charge >= 0.3 is 0 Å². The third-order valence-corrected chi connectivity index (χ3v) is 8.31. The van der Waals surface area contributed by atoms with E-state index in [0.29, 0.717) is 17.3 Å². The van der Waals surface area contributed by atoms with E-state index in [0.717, 1.165) is 37.1 Å². The van der Waals surface area contributed by atoms with E-state index >= 15 is 0 Å². The van der Waals surface area contributed by atoms with E-state index in [4.69, 9.17) is 5.73 Å². The topological polar surface area (TPSA) is 83.7 Å². The lowest BCUT2D eigenvalue weighted by molar-refractivity contribution is -0.137. The monoisotopic (exact) mass is 407 g/mol. The molecular formula is C16H26ClN3O3S2. The maximum atomic E-state index is 12.8. The summed E-state index contributed by atoms with van der Waals surface area (Å²) in [6, 6.07) is 3.59. The van der Waals surface area contributed by atoms with Crippen LogP contribution in [0, 0.1) is 12.8 Å². The van der Waals surface area contributed by atoms with E-state index in [-0.39, 0.29) is 36.8 Å². The highest BCUT2D eigenvalue weighted by atomic mass is 35.5. The van der Waals surface area contributed by atoms with Crippen molar-refractivity contribution in [2.75, 3.05) is 26.2 Å². The minimum atomic E-state index is -3.49. The van der Waals surface area contributed by atoms with Gasteiger partial charge in [0.25, 0.3) is 10.0 Å².